The quantitative estimate of drug-likeness (QED) is 0.489. The van der Waals surface area contributed by atoms with E-state index >= 15 is 0 Å². The lowest BCUT2D eigenvalue weighted by molar-refractivity contribution is -0.113. The SMILES string of the molecule is CC(=O)/C(N=O)=C(\O)c1ccc(Cl)cc1. The first-order valence-electron chi connectivity index (χ1n) is 4.09. The van der Waals surface area contributed by atoms with E-state index in [1.807, 2.05) is 0 Å². The van der Waals surface area contributed by atoms with E-state index in [2.05, 4.69) is 5.18 Å². The molecule has 0 aliphatic rings. The summed E-state index contributed by atoms with van der Waals surface area (Å²) in [6.45, 7) is 1.16. The van der Waals surface area contributed by atoms with Crippen LogP contribution in [0.2, 0.25) is 5.02 Å². The second-order valence-electron chi connectivity index (χ2n) is 2.85. The summed E-state index contributed by atoms with van der Waals surface area (Å²) in [5.74, 6) is -1.02. The molecule has 0 saturated carbocycles. The van der Waals surface area contributed by atoms with Crippen molar-refractivity contribution in [1.82, 2.24) is 0 Å². The molecular weight excluding hydrogens is 218 g/mol. The summed E-state index contributed by atoms with van der Waals surface area (Å²) in [5, 5.41) is 12.5. The van der Waals surface area contributed by atoms with Crippen LogP contribution in [0.15, 0.2) is 35.1 Å². The Morgan fingerprint density at radius 1 is 1.33 bits per heavy atom. The molecule has 0 bridgehead atoms. The van der Waals surface area contributed by atoms with E-state index in [0.29, 0.717) is 10.6 Å². The molecule has 1 aromatic rings. The third-order valence-corrected chi connectivity index (χ3v) is 2.02. The third-order valence-electron chi connectivity index (χ3n) is 1.77. The summed E-state index contributed by atoms with van der Waals surface area (Å²) in [6, 6.07) is 6.06. The number of carbonyl (C=O) groups is 1. The molecule has 0 atom stereocenters. The number of aliphatic hydroxyl groups is 1. The van der Waals surface area contributed by atoms with E-state index in [4.69, 9.17) is 11.6 Å². The Bertz CT molecular complexity index is 423. The Morgan fingerprint density at radius 2 is 1.87 bits per heavy atom. The first kappa shape index (κ1) is 11.4. The maximum Gasteiger partial charge on any atom is 0.192 e. The van der Waals surface area contributed by atoms with Crippen LogP contribution in [0.4, 0.5) is 0 Å². The molecule has 4 nitrogen and oxygen atoms in total. The van der Waals surface area contributed by atoms with Crippen LogP contribution in [0.5, 0.6) is 0 Å². The maximum atomic E-state index is 10.9. The predicted octanol–water partition coefficient (Wildman–Crippen LogP) is 2.92. The van der Waals surface area contributed by atoms with Crippen LogP contribution in [0, 0.1) is 4.91 Å². The fraction of sp³-hybridized carbons (Fsp3) is 0.100. The summed E-state index contributed by atoms with van der Waals surface area (Å²) >= 11 is 5.64. The van der Waals surface area contributed by atoms with Gasteiger partial charge in [-0.3, -0.25) is 4.79 Å². The number of Topliss-reactive ketones (excluding diaryl/α,β-unsaturated/α-hetero) is 1. The molecule has 0 amide bonds. The van der Waals surface area contributed by atoms with E-state index in [1.165, 1.54) is 24.3 Å². The predicted molar refractivity (Wildman–Crippen MR) is 57.5 cm³/mol. The number of carbonyl (C=O) groups excluding carboxylic acids is 1. The number of aliphatic hydroxyl groups excluding tert-OH is 1. The van der Waals surface area contributed by atoms with Gasteiger partial charge in [-0.1, -0.05) is 11.6 Å². The van der Waals surface area contributed by atoms with Crippen LogP contribution >= 0.6 is 11.6 Å². The zero-order chi connectivity index (χ0) is 11.4. The second-order valence-corrected chi connectivity index (χ2v) is 3.29. The van der Waals surface area contributed by atoms with Crippen LogP contribution in [0.3, 0.4) is 0 Å². The number of allylic oxidation sites excluding steroid dienone is 1. The molecule has 15 heavy (non-hydrogen) atoms. The molecule has 5 heteroatoms. The van der Waals surface area contributed by atoms with Gasteiger partial charge in [-0.05, 0) is 29.4 Å². The molecule has 0 aliphatic heterocycles. The third kappa shape index (κ3) is 2.63. The number of nitroso groups, excluding NO2 is 1. The monoisotopic (exact) mass is 225 g/mol. The number of benzene rings is 1. The summed E-state index contributed by atoms with van der Waals surface area (Å²) in [5.41, 5.74) is -0.165. The first-order chi connectivity index (χ1) is 7.06. The topological polar surface area (TPSA) is 66.7 Å². The molecule has 0 unspecified atom stereocenters. The van der Waals surface area contributed by atoms with Gasteiger partial charge < -0.3 is 5.11 Å². The fourth-order valence-electron chi connectivity index (χ4n) is 1.02. The molecule has 1 N–H and O–H groups in total. The Hall–Kier alpha value is -1.68. The highest BCUT2D eigenvalue weighted by atomic mass is 35.5. The molecule has 0 heterocycles. The van der Waals surface area contributed by atoms with Crippen molar-refractivity contribution in [1.29, 1.82) is 0 Å². The van der Waals surface area contributed by atoms with Gasteiger partial charge in [0.15, 0.2) is 17.2 Å². The lowest BCUT2D eigenvalue weighted by Crippen LogP contribution is -1.98. The Morgan fingerprint density at radius 3 is 2.27 bits per heavy atom. The minimum absolute atomic E-state index is 0.323. The summed E-state index contributed by atoms with van der Waals surface area (Å²) in [4.78, 5) is 21.2. The van der Waals surface area contributed by atoms with Crippen molar-refractivity contribution in [2.24, 2.45) is 5.18 Å². The average molecular weight is 226 g/mol. The molecule has 1 rings (SSSR count). The summed E-state index contributed by atoms with van der Waals surface area (Å²) in [6.07, 6.45) is 0. The van der Waals surface area contributed by atoms with Gasteiger partial charge in [0.05, 0.1) is 0 Å². The van der Waals surface area contributed by atoms with Crippen LogP contribution < -0.4 is 0 Å². The standard InChI is InChI=1S/C10H8ClNO3/c1-6(13)9(12-15)10(14)7-2-4-8(11)5-3-7/h2-5,14H,1H3/b10-9+. The number of ketones is 1. The smallest absolute Gasteiger partial charge is 0.192 e. The zero-order valence-electron chi connectivity index (χ0n) is 7.90. The van der Waals surface area contributed by atoms with Gasteiger partial charge in [-0.2, -0.15) is 0 Å². The normalized spacial score (nSPS) is 11.9. The Balaban J connectivity index is 3.22. The van der Waals surface area contributed by atoms with Gasteiger partial charge in [-0.25, -0.2) is 0 Å². The van der Waals surface area contributed by atoms with Crippen molar-refractivity contribution in [2.75, 3.05) is 0 Å². The molecule has 1 aromatic carbocycles. The summed E-state index contributed by atoms with van der Waals surface area (Å²) < 4.78 is 0. The number of hydrogen-bond donors (Lipinski definition) is 1. The Kier molecular flexibility index (Phi) is 3.57. The highest BCUT2D eigenvalue weighted by Gasteiger charge is 2.13. The van der Waals surface area contributed by atoms with E-state index in [0.717, 1.165) is 6.92 Å². The number of hydrogen-bond acceptors (Lipinski definition) is 4. The lowest BCUT2D eigenvalue weighted by Gasteiger charge is -2.01. The van der Waals surface area contributed by atoms with E-state index in [9.17, 15) is 14.8 Å². The molecule has 0 aliphatic carbocycles. The highest BCUT2D eigenvalue weighted by molar-refractivity contribution is 6.30. The molecule has 0 aromatic heterocycles. The zero-order valence-corrected chi connectivity index (χ0v) is 8.65. The first-order valence-corrected chi connectivity index (χ1v) is 4.47. The largest absolute Gasteiger partial charge is 0.505 e. The van der Waals surface area contributed by atoms with Gasteiger partial charge >= 0.3 is 0 Å². The van der Waals surface area contributed by atoms with Crippen LogP contribution in [0.25, 0.3) is 5.76 Å². The van der Waals surface area contributed by atoms with Gasteiger partial charge in [0.25, 0.3) is 0 Å². The number of halogens is 1. The average Bonchev–Trinajstić information content (AvgIpc) is 2.19. The van der Waals surface area contributed by atoms with Crippen LogP contribution in [-0.4, -0.2) is 10.9 Å². The molecule has 0 fully saturated rings. The fourth-order valence-corrected chi connectivity index (χ4v) is 1.14. The van der Waals surface area contributed by atoms with Crippen molar-refractivity contribution in [2.45, 2.75) is 6.92 Å². The van der Waals surface area contributed by atoms with E-state index in [1.54, 1.807) is 0 Å². The minimum atomic E-state index is -0.586. The molecule has 0 spiro atoms. The van der Waals surface area contributed by atoms with E-state index < -0.39 is 17.2 Å². The highest BCUT2D eigenvalue weighted by Crippen LogP contribution is 2.19. The van der Waals surface area contributed by atoms with Crippen LogP contribution in [0.1, 0.15) is 12.5 Å². The molecular formula is C10H8ClNO3. The van der Waals surface area contributed by atoms with Gasteiger partial charge in [0.1, 0.15) is 0 Å². The molecule has 78 valence electrons. The molecule has 0 saturated heterocycles. The van der Waals surface area contributed by atoms with Crippen molar-refractivity contribution in [3.63, 3.8) is 0 Å². The van der Waals surface area contributed by atoms with E-state index in [-0.39, 0.29) is 0 Å². The number of rotatable bonds is 3. The van der Waals surface area contributed by atoms with Gasteiger partial charge in [0.2, 0.25) is 0 Å². The maximum absolute atomic E-state index is 10.9. The number of nitrogens with zero attached hydrogens (tertiary/aromatic N) is 1. The molecule has 0 radical (unpaired) electrons. The van der Waals surface area contributed by atoms with Gasteiger partial charge in [0, 0.05) is 17.5 Å². The second kappa shape index (κ2) is 4.70. The van der Waals surface area contributed by atoms with Crippen LogP contribution in [-0.2, 0) is 4.79 Å². The Labute approximate surface area is 91.2 Å². The van der Waals surface area contributed by atoms with Crippen molar-refractivity contribution in [3.8, 4) is 0 Å². The van der Waals surface area contributed by atoms with Gasteiger partial charge in [-0.15, -0.1) is 4.91 Å². The minimum Gasteiger partial charge on any atom is -0.505 e. The van der Waals surface area contributed by atoms with Crippen molar-refractivity contribution in [3.05, 3.63) is 45.5 Å². The lowest BCUT2D eigenvalue weighted by atomic mass is 10.1. The van der Waals surface area contributed by atoms with Crippen molar-refractivity contribution < 1.29 is 9.90 Å². The van der Waals surface area contributed by atoms with Crippen molar-refractivity contribution >= 4 is 23.1 Å². The summed E-state index contributed by atoms with van der Waals surface area (Å²) in [7, 11) is 0.